The first-order chi connectivity index (χ1) is 13.7. The predicted octanol–water partition coefficient (Wildman–Crippen LogP) is 4.21. The molecule has 4 aromatic rings. The number of aromatic amines is 1. The van der Waals surface area contributed by atoms with Gasteiger partial charge in [0, 0.05) is 47.5 Å². The third-order valence-electron chi connectivity index (χ3n) is 5.57. The van der Waals surface area contributed by atoms with E-state index in [9.17, 15) is 0 Å². The van der Waals surface area contributed by atoms with Crippen LogP contribution in [0.3, 0.4) is 0 Å². The van der Waals surface area contributed by atoms with Crippen molar-refractivity contribution in [2.45, 2.75) is 12.5 Å². The fourth-order valence-corrected chi connectivity index (χ4v) is 4.31. The predicted molar refractivity (Wildman–Crippen MR) is 110 cm³/mol. The Morgan fingerprint density at radius 1 is 1.11 bits per heavy atom. The maximum atomic E-state index is 5.88. The van der Waals surface area contributed by atoms with Crippen LogP contribution in [-0.4, -0.2) is 40.8 Å². The zero-order valence-electron chi connectivity index (χ0n) is 16.0. The van der Waals surface area contributed by atoms with E-state index < -0.39 is 0 Å². The number of hydrogen-bond acceptors (Lipinski definition) is 4. The Hall–Kier alpha value is -3.18. The molecule has 0 saturated heterocycles. The molecule has 0 fully saturated rings. The molecule has 1 N–H and O–H groups in total. The topological polar surface area (TPSA) is 54.0 Å². The fraction of sp³-hybridized carbons (Fsp3) is 0.217. The van der Waals surface area contributed by atoms with Crippen LogP contribution < -0.4 is 4.74 Å². The maximum Gasteiger partial charge on any atom is 0.133 e. The summed E-state index contributed by atoms with van der Waals surface area (Å²) in [6.07, 6.45) is 1.69. The molecule has 2 aromatic carbocycles. The zero-order chi connectivity index (χ0) is 19.1. The van der Waals surface area contributed by atoms with E-state index >= 15 is 0 Å². The van der Waals surface area contributed by atoms with Crippen molar-refractivity contribution in [1.29, 1.82) is 0 Å². The third kappa shape index (κ3) is 2.75. The summed E-state index contributed by atoms with van der Waals surface area (Å²) in [4.78, 5) is 5.97. The van der Waals surface area contributed by atoms with Crippen LogP contribution in [0.5, 0.6) is 5.75 Å². The molecule has 0 bridgehead atoms. The first-order valence-electron chi connectivity index (χ1n) is 9.48. The summed E-state index contributed by atoms with van der Waals surface area (Å²) in [6, 6.07) is 18.9. The lowest BCUT2D eigenvalue weighted by Gasteiger charge is -2.33. The number of benzene rings is 2. The van der Waals surface area contributed by atoms with Gasteiger partial charge in [0.15, 0.2) is 0 Å². The smallest absolute Gasteiger partial charge is 0.133 e. The van der Waals surface area contributed by atoms with Gasteiger partial charge in [-0.05, 0) is 48.3 Å². The van der Waals surface area contributed by atoms with Gasteiger partial charge in [-0.1, -0.05) is 24.3 Å². The molecule has 0 amide bonds. The highest BCUT2D eigenvalue weighted by Gasteiger charge is 2.29. The molecule has 1 unspecified atom stereocenters. The van der Waals surface area contributed by atoms with Crippen LogP contribution in [0.1, 0.15) is 22.7 Å². The molecular formula is C23H22N4O. The van der Waals surface area contributed by atoms with Crippen LogP contribution >= 0.6 is 0 Å². The van der Waals surface area contributed by atoms with Crippen molar-refractivity contribution in [3.05, 3.63) is 77.6 Å². The second kappa shape index (κ2) is 6.77. The number of rotatable bonds is 3. The number of aromatic nitrogens is 3. The minimum atomic E-state index is 0.269. The minimum absolute atomic E-state index is 0.269. The average Bonchev–Trinajstić information content (AvgIpc) is 3.17. The van der Waals surface area contributed by atoms with Gasteiger partial charge < -0.3 is 14.6 Å². The fourth-order valence-electron chi connectivity index (χ4n) is 4.31. The third-order valence-corrected chi connectivity index (χ3v) is 5.57. The number of methoxy groups -OCH3 is 1. The van der Waals surface area contributed by atoms with Crippen molar-refractivity contribution in [2.24, 2.45) is 0 Å². The Bertz CT molecular complexity index is 1100. The highest BCUT2D eigenvalue weighted by Crippen LogP contribution is 2.42. The van der Waals surface area contributed by atoms with Gasteiger partial charge >= 0.3 is 0 Å². The molecule has 1 aliphatic rings. The summed E-state index contributed by atoms with van der Waals surface area (Å²) < 4.78 is 5.88. The lowest BCUT2D eigenvalue weighted by molar-refractivity contribution is 0.285. The summed E-state index contributed by atoms with van der Waals surface area (Å²) in [5.41, 5.74) is 6.77. The van der Waals surface area contributed by atoms with E-state index in [-0.39, 0.29) is 5.92 Å². The van der Waals surface area contributed by atoms with E-state index in [1.165, 1.54) is 27.7 Å². The summed E-state index contributed by atoms with van der Waals surface area (Å²) in [6.45, 7) is 1.82. The second-order valence-corrected chi connectivity index (χ2v) is 7.38. The molecule has 5 heteroatoms. The summed E-state index contributed by atoms with van der Waals surface area (Å²) >= 11 is 0. The van der Waals surface area contributed by atoms with E-state index in [1.807, 2.05) is 12.1 Å². The SMILES string of the molecule is COc1c(-c2cccnn2)ccc2c1CN(C)CC2c1cc2ccccc2[nH]1. The van der Waals surface area contributed by atoms with E-state index in [2.05, 4.69) is 69.6 Å². The van der Waals surface area contributed by atoms with Crippen LogP contribution in [0.4, 0.5) is 0 Å². The molecule has 3 heterocycles. The van der Waals surface area contributed by atoms with E-state index in [1.54, 1.807) is 13.3 Å². The first kappa shape index (κ1) is 17.0. The minimum Gasteiger partial charge on any atom is -0.496 e. The van der Waals surface area contributed by atoms with Crippen molar-refractivity contribution in [2.75, 3.05) is 20.7 Å². The van der Waals surface area contributed by atoms with Crippen LogP contribution in [0.2, 0.25) is 0 Å². The van der Waals surface area contributed by atoms with Crippen LogP contribution in [0.25, 0.3) is 22.2 Å². The van der Waals surface area contributed by atoms with Crippen molar-refractivity contribution >= 4 is 10.9 Å². The zero-order valence-corrected chi connectivity index (χ0v) is 16.0. The molecule has 0 aliphatic carbocycles. The Morgan fingerprint density at radius 3 is 2.79 bits per heavy atom. The average molecular weight is 370 g/mol. The maximum absolute atomic E-state index is 5.88. The van der Waals surface area contributed by atoms with Gasteiger partial charge in [0.1, 0.15) is 5.75 Å². The highest BCUT2D eigenvalue weighted by molar-refractivity contribution is 5.81. The van der Waals surface area contributed by atoms with E-state index in [4.69, 9.17) is 4.74 Å². The number of H-pyrrole nitrogens is 1. The van der Waals surface area contributed by atoms with Gasteiger partial charge in [0.05, 0.1) is 12.8 Å². The van der Waals surface area contributed by atoms with Crippen molar-refractivity contribution in [3.8, 4) is 17.0 Å². The quantitative estimate of drug-likeness (QED) is 0.587. The monoisotopic (exact) mass is 370 g/mol. The molecule has 0 spiro atoms. The number of nitrogens with zero attached hydrogens (tertiary/aromatic N) is 3. The number of hydrogen-bond donors (Lipinski definition) is 1. The Balaban J connectivity index is 1.66. The summed E-state index contributed by atoms with van der Waals surface area (Å²) in [5.74, 6) is 1.16. The first-order valence-corrected chi connectivity index (χ1v) is 9.48. The van der Waals surface area contributed by atoms with Gasteiger partial charge in [-0.15, -0.1) is 0 Å². The van der Waals surface area contributed by atoms with Gasteiger partial charge in [-0.3, -0.25) is 0 Å². The summed E-state index contributed by atoms with van der Waals surface area (Å²) in [7, 11) is 3.90. The van der Waals surface area contributed by atoms with E-state index in [0.29, 0.717) is 0 Å². The number of para-hydroxylation sites is 1. The largest absolute Gasteiger partial charge is 0.496 e. The standard InChI is InChI=1S/C23H22N4O/c1-27-13-18(22-12-15-6-3-4-7-20(15)25-22)16-9-10-17(21-8-5-11-24-26-21)23(28-2)19(16)14-27/h3-12,18,25H,13-14H2,1-2H3. The number of ether oxygens (including phenoxy) is 1. The van der Waals surface area contributed by atoms with Gasteiger partial charge in [-0.2, -0.15) is 10.2 Å². The molecule has 1 atom stereocenters. The number of nitrogens with one attached hydrogen (secondary N) is 1. The second-order valence-electron chi connectivity index (χ2n) is 7.38. The normalized spacial score (nSPS) is 16.9. The van der Waals surface area contributed by atoms with Crippen molar-refractivity contribution < 1.29 is 4.74 Å². The van der Waals surface area contributed by atoms with Crippen LogP contribution in [-0.2, 0) is 6.54 Å². The molecule has 140 valence electrons. The molecule has 1 aliphatic heterocycles. The molecule has 5 rings (SSSR count). The lowest BCUT2D eigenvalue weighted by Crippen LogP contribution is -2.31. The molecule has 2 aromatic heterocycles. The molecule has 0 radical (unpaired) electrons. The van der Waals surface area contributed by atoms with Gasteiger partial charge in [0.25, 0.3) is 0 Å². The Kier molecular flexibility index (Phi) is 4.10. The molecular weight excluding hydrogens is 348 g/mol. The lowest BCUT2D eigenvalue weighted by atomic mass is 9.85. The Labute approximate surface area is 164 Å². The molecule has 28 heavy (non-hydrogen) atoms. The molecule has 0 saturated carbocycles. The van der Waals surface area contributed by atoms with Crippen LogP contribution in [0.15, 0.2) is 60.8 Å². The highest BCUT2D eigenvalue weighted by atomic mass is 16.5. The van der Waals surface area contributed by atoms with Crippen molar-refractivity contribution in [1.82, 2.24) is 20.1 Å². The van der Waals surface area contributed by atoms with Crippen molar-refractivity contribution in [3.63, 3.8) is 0 Å². The number of fused-ring (bicyclic) bond motifs is 2. The van der Waals surface area contributed by atoms with Gasteiger partial charge in [-0.25, -0.2) is 0 Å². The Morgan fingerprint density at radius 2 is 2.00 bits per heavy atom. The van der Waals surface area contributed by atoms with Crippen LogP contribution in [0, 0.1) is 0 Å². The molecule has 5 nitrogen and oxygen atoms in total. The van der Waals surface area contributed by atoms with Gasteiger partial charge in [0.2, 0.25) is 0 Å². The van der Waals surface area contributed by atoms with E-state index in [0.717, 1.165) is 30.1 Å². The number of likely N-dealkylation sites (N-methyl/N-ethyl adjacent to an activating group) is 1. The summed E-state index contributed by atoms with van der Waals surface area (Å²) in [5, 5.41) is 9.56.